The Balaban J connectivity index is 1.67. The summed E-state index contributed by atoms with van der Waals surface area (Å²) in [4.78, 5) is 16.8. The number of nitrogens with zero attached hydrogens (tertiary/aromatic N) is 2. The fourth-order valence-corrected chi connectivity index (χ4v) is 3.12. The first-order chi connectivity index (χ1) is 12.0. The van der Waals surface area contributed by atoms with E-state index in [1.54, 1.807) is 0 Å². The minimum Gasteiger partial charge on any atom is -0.490 e. The molecule has 1 aromatic rings. The molecule has 1 saturated heterocycles. The minimum atomic E-state index is -0.0542. The Morgan fingerprint density at radius 3 is 2.92 bits per heavy atom. The van der Waals surface area contributed by atoms with Gasteiger partial charge in [0.25, 0.3) is 0 Å². The molecule has 1 N–H and O–H groups in total. The highest BCUT2D eigenvalue weighted by atomic mass is 16.5. The van der Waals surface area contributed by atoms with Crippen molar-refractivity contribution >= 4 is 11.7 Å². The van der Waals surface area contributed by atoms with Crippen molar-refractivity contribution in [1.29, 1.82) is 0 Å². The molecule has 1 saturated carbocycles. The number of nitrogens with one attached hydrogen (secondary N) is 1. The molecule has 25 heavy (non-hydrogen) atoms. The van der Waals surface area contributed by atoms with Crippen LogP contribution < -0.4 is 10.1 Å². The second-order valence-corrected chi connectivity index (χ2v) is 7.25. The molecule has 6 heteroatoms. The summed E-state index contributed by atoms with van der Waals surface area (Å²) >= 11 is 0. The zero-order valence-electron chi connectivity index (χ0n) is 15.5. The molecule has 0 spiro atoms. The Labute approximate surface area is 150 Å². The molecule has 3 rings (SSSR count). The van der Waals surface area contributed by atoms with Crippen molar-refractivity contribution in [3.63, 3.8) is 0 Å². The molecule has 1 atom stereocenters. The molecule has 0 radical (unpaired) electrons. The van der Waals surface area contributed by atoms with E-state index in [0.29, 0.717) is 32.3 Å². The van der Waals surface area contributed by atoms with E-state index in [1.807, 2.05) is 44.1 Å². The Kier molecular flexibility index (Phi) is 5.81. The smallest absolute Gasteiger partial charge is 0.322 e. The number of likely N-dealkylation sites (N-methyl/N-ethyl adjacent to an activating group) is 1. The number of aryl methyl sites for hydroxylation is 1. The summed E-state index contributed by atoms with van der Waals surface area (Å²) in [6, 6.07) is 6.04. The molecule has 0 aromatic heterocycles. The van der Waals surface area contributed by atoms with Crippen LogP contribution in [0.5, 0.6) is 5.75 Å². The van der Waals surface area contributed by atoms with Crippen LogP contribution >= 0.6 is 0 Å². The Bertz CT molecular complexity index is 602. The summed E-state index contributed by atoms with van der Waals surface area (Å²) in [5.41, 5.74) is 1.84. The number of rotatable bonds is 6. The van der Waals surface area contributed by atoms with Gasteiger partial charge < -0.3 is 24.6 Å². The number of anilines is 1. The lowest BCUT2D eigenvalue weighted by Crippen LogP contribution is -2.51. The van der Waals surface area contributed by atoms with Gasteiger partial charge in [-0.1, -0.05) is 6.07 Å². The largest absolute Gasteiger partial charge is 0.490 e. The molecular weight excluding hydrogens is 318 g/mol. The molecule has 1 aliphatic heterocycles. The van der Waals surface area contributed by atoms with Gasteiger partial charge in [-0.15, -0.1) is 0 Å². The van der Waals surface area contributed by atoms with Crippen molar-refractivity contribution in [3.8, 4) is 5.75 Å². The van der Waals surface area contributed by atoms with E-state index in [9.17, 15) is 4.79 Å². The molecule has 2 amide bonds. The van der Waals surface area contributed by atoms with Gasteiger partial charge >= 0.3 is 6.03 Å². The number of carbonyl (C=O) groups is 1. The third-order valence-electron chi connectivity index (χ3n) is 4.77. The normalized spacial score (nSPS) is 20.6. The van der Waals surface area contributed by atoms with Gasteiger partial charge in [0, 0.05) is 13.1 Å². The van der Waals surface area contributed by atoms with Gasteiger partial charge in [-0.25, -0.2) is 4.79 Å². The summed E-state index contributed by atoms with van der Waals surface area (Å²) in [6.45, 7) is 5.34. The highest BCUT2D eigenvalue weighted by Crippen LogP contribution is 2.37. The van der Waals surface area contributed by atoms with Crippen molar-refractivity contribution < 1.29 is 14.3 Å². The number of hydrogen-bond donors (Lipinski definition) is 1. The van der Waals surface area contributed by atoms with Crippen LogP contribution in [-0.4, -0.2) is 68.9 Å². The van der Waals surface area contributed by atoms with E-state index in [-0.39, 0.29) is 12.1 Å². The lowest BCUT2D eigenvalue weighted by atomic mass is 10.1. The summed E-state index contributed by atoms with van der Waals surface area (Å²) in [7, 11) is 4.03. The van der Waals surface area contributed by atoms with Crippen LogP contribution in [0.4, 0.5) is 10.5 Å². The van der Waals surface area contributed by atoms with Gasteiger partial charge in [-0.2, -0.15) is 0 Å². The monoisotopic (exact) mass is 347 g/mol. The van der Waals surface area contributed by atoms with Crippen LogP contribution in [0.3, 0.4) is 0 Å². The van der Waals surface area contributed by atoms with E-state index < -0.39 is 0 Å². The second kappa shape index (κ2) is 8.06. The van der Waals surface area contributed by atoms with Gasteiger partial charge in [0.1, 0.15) is 12.4 Å². The van der Waals surface area contributed by atoms with Crippen molar-refractivity contribution in [2.45, 2.75) is 25.8 Å². The summed E-state index contributed by atoms with van der Waals surface area (Å²) in [5.74, 6) is 1.33. The quantitative estimate of drug-likeness (QED) is 0.859. The van der Waals surface area contributed by atoms with E-state index in [2.05, 4.69) is 10.2 Å². The number of ether oxygens (including phenoxy) is 2. The highest BCUT2D eigenvalue weighted by Gasteiger charge is 2.39. The molecule has 1 heterocycles. The zero-order chi connectivity index (χ0) is 17.8. The number of carbonyl (C=O) groups excluding carboxylic acids is 1. The average Bonchev–Trinajstić information content (AvgIpc) is 3.42. The minimum absolute atomic E-state index is 0.0542. The molecule has 0 unspecified atom stereocenters. The van der Waals surface area contributed by atoms with E-state index >= 15 is 0 Å². The van der Waals surface area contributed by atoms with Gasteiger partial charge in [0.2, 0.25) is 0 Å². The summed E-state index contributed by atoms with van der Waals surface area (Å²) in [5, 5.41) is 3.05. The SMILES string of the molecule is Cc1ccc(NC(=O)N2CCOC[C@H]2C2CC2)c(OCCN(C)C)c1. The Morgan fingerprint density at radius 2 is 2.20 bits per heavy atom. The maximum Gasteiger partial charge on any atom is 0.322 e. The van der Waals surface area contributed by atoms with Gasteiger partial charge in [-0.3, -0.25) is 0 Å². The zero-order valence-corrected chi connectivity index (χ0v) is 15.5. The van der Waals surface area contributed by atoms with Crippen LogP contribution in [0.15, 0.2) is 18.2 Å². The maximum absolute atomic E-state index is 12.8. The van der Waals surface area contributed by atoms with Gasteiger partial charge in [-0.05, 0) is 57.5 Å². The number of morpholine rings is 1. The number of urea groups is 1. The van der Waals surface area contributed by atoms with Crippen LogP contribution in [0.1, 0.15) is 18.4 Å². The first kappa shape index (κ1) is 18.0. The molecule has 6 nitrogen and oxygen atoms in total. The van der Waals surface area contributed by atoms with E-state index in [1.165, 1.54) is 12.8 Å². The predicted molar refractivity (Wildman–Crippen MR) is 98.3 cm³/mol. The lowest BCUT2D eigenvalue weighted by molar-refractivity contribution is 0.00771. The number of benzene rings is 1. The van der Waals surface area contributed by atoms with Gasteiger partial charge in [0.15, 0.2) is 0 Å². The highest BCUT2D eigenvalue weighted by molar-refractivity contribution is 5.91. The molecule has 2 fully saturated rings. The molecular formula is C19H29N3O3. The third-order valence-corrected chi connectivity index (χ3v) is 4.77. The summed E-state index contributed by atoms with van der Waals surface area (Å²) in [6.07, 6.45) is 2.39. The predicted octanol–water partition coefficient (Wildman–Crippen LogP) is 2.58. The topological polar surface area (TPSA) is 54.0 Å². The number of amides is 2. The van der Waals surface area contributed by atoms with Crippen LogP contribution in [0.2, 0.25) is 0 Å². The molecule has 1 aliphatic carbocycles. The van der Waals surface area contributed by atoms with Crippen molar-refractivity contribution in [2.75, 3.05) is 52.3 Å². The fourth-order valence-electron chi connectivity index (χ4n) is 3.12. The van der Waals surface area contributed by atoms with Crippen LogP contribution in [0.25, 0.3) is 0 Å². The maximum atomic E-state index is 12.8. The van der Waals surface area contributed by atoms with Crippen molar-refractivity contribution in [1.82, 2.24) is 9.80 Å². The van der Waals surface area contributed by atoms with Crippen molar-refractivity contribution in [2.24, 2.45) is 5.92 Å². The van der Waals surface area contributed by atoms with E-state index in [4.69, 9.17) is 9.47 Å². The van der Waals surface area contributed by atoms with Crippen LogP contribution in [-0.2, 0) is 4.74 Å². The molecule has 1 aromatic carbocycles. The number of hydrogen-bond acceptors (Lipinski definition) is 4. The molecule has 0 bridgehead atoms. The Morgan fingerprint density at radius 1 is 1.40 bits per heavy atom. The van der Waals surface area contributed by atoms with Crippen molar-refractivity contribution in [3.05, 3.63) is 23.8 Å². The first-order valence-electron chi connectivity index (χ1n) is 9.08. The summed E-state index contributed by atoms with van der Waals surface area (Å²) < 4.78 is 11.5. The van der Waals surface area contributed by atoms with Crippen LogP contribution in [0, 0.1) is 12.8 Å². The molecule has 138 valence electrons. The average molecular weight is 347 g/mol. The Hall–Kier alpha value is -1.79. The van der Waals surface area contributed by atoms with Gasteiger partial charge in [0.05, 0.1) is 24.9 Å². The lowest BCUT2D eigenvalue weighted by Gasteiger charge is -2.35. The second-order valence-electron chi connectivity index (χ2n) is 7.25. The standard InChI is InChI=1S/C19H29N3O3/c1-14-4-7-16(18(12-14)25-11-8-21(2)3)20-19(23)22-9-10-24-13-17(22)15-5-6-15/h4,7,12,15,17H,5-6,8-11,13H2,1-3H3,(H,20,23)/t17-/m0/s1. The third kappa shape index (κ3) is 4.86. The van der Waals surface area contributed by atoms with E-state index in [0.717, 1.165) is 23.5 Å². The molecule has 2 aliphatic rings. The fraction of sp³-hybridized carbons (Fsp3) is 0.632. The first-order valence-corrected chi connectivity index (χ1v) is 9.08.